The molecular weight excluding hydrogens is 246 g/mol. The first-order chi connectivity index (χ1) is 9.04. The number of aliphatic carboxylic acids is 1. The van der Waals surface area contributed by atoms with Gasteiger partial charge >= 0.3 is 5.97 Å². The van der Waals surface area contributed by atoms with E-state index >= 15 is 0 Å². The van der Waals surface area contributed by atoms with Gasteiger partial charge in [0.25, 0.3) is 0 Å². The third-order valence-electron chi connectivity index (χ3n) is 2.92. The molecule has 0 saturated carbocycles. The number of rotatable bonds is 7. The SMILES string of the molecule is CCCN(C=O)C(C(=O)O)c1ccc(OC)c(C)c1. The van der Waals surface area contributed by atoms with Gasteiger partial charge < -0.3 is 14.7 Å². The fraction of sp³-hybridized carbons (Fsp3) is 0.429. The van der Waals surface area contributed by atoms with Crippen LogP contribution in [0, 0.1) is 6.92 Å². The first kappa shape index (κ1) is 15.0. The van der Waals surface area contributed by atoms with E-state index < -0.39 is 12.0 Å². The summed E-state index contributed by atoms with van der Waals surface area (Å²) in [5.74, 6) is -0.342. The van der Waals surface area contributed by atoms with Crippen molar-refractivity contribution in [2.75, 3.05) is 13.7 Å². The maximum Gasteiger partial charge on any atom is 0.331 e. The summed E-state index contributed by atoms with van der Waals surface area (Å²) in [6, 6.07) is 4.18. The summed E-state index contributed by atoms with van der Waals surface area (Å²) in [7, 11) is 1.56. The van der Waals surface area contributed by atoms with Crippen molar-refractivity contribution >= 4 is 12.4 Å². The molecule has 19 heavy (non-hydrogen) atoms. The van der Waals surface area contributed by atoms with Crippen molar-refractivity contribution in [2.45, 2.75) is 26.3 Å². The van der Waals surface area contributed by atoms with E-state index in [1.54, 1.807) is 25.3 Å². The molecule has 0 heterocycles. The lowest BCUT2D eigenvalue weighted by Crippen LogP contribution is -2.33. The topological polar surface area (TPSA) is 66.8 Å². The summed E-state index contributed by atoms with van der Waals surface area (Å²) >= 11 is 0. The maximum atomic E-state index is 11.4. The Morgan fingerprint density at radius 1 is 1.53 bits per heavy atom. The zero-order valence-electron chi connectivity index (χ0n) is 11.4. The molecule has 1 N–H and O–H groups in total. The molecule has 0 aliphatic rings. The molecule has 104 valence electrons. The lowest BCUT2D eigenvalue weighted by atomic mass is 10.0. The van der Waals surface area contributed by atoms with Crippen LogP contribution in [0.5, 0.6) is 5.75 Å². The van der Waals surface area contributed by atoms with Crippen molar-refractivity contribution in [1.29, 1.82) is 0 Å². The molecule has 0 aliphatic carbocycles. The molecule has 1 aromatic rings. The third kappa shape index (κ3) is 3.47. The minimum absolute atomic E-state index is 0.408. The van der Waals surface area contributed by atoms with Crippen molar-refractivity contribution in [3.63, 3.8) is 0 Å². The quantitative estimate of drug-likeness (QED) is 0.766. The summed E-state index contributed by atoms with van der Waals surface area (Å²) in [5, 5.41) is 9.34. The first-order valence-corrected chi connectivity index (χ1v) is 6.13. The lowest BCUT2D eigenvalue weighted by Gasteiger charge is -2.25. The van der Waals surface area contributed by atoms with Crippen molar-refractivity contribution in [3.8, 4) is 5.75 Å². The van der Waals surface area contributed by atoms with Crippen LogP contribution in [-0.4, -0.2) is 36.0 Å². The Balaban J connectivity index is 3.15. The Morgan fingerprint density at radius 3 is 2.63 bits per heavy atom. The monoisotopic (exact) mass is 265 g/mol. The van der Waals surface area contributed by atoms with Crippen LogP contribution in [0.15, 0.2) is 18.2 Å². The van der Waals surface area contributed by atoms with Gasteiger partial charge in [-0.3, -0.25) is 4.79 Å². The highest BCUT2D eigenvalue weighted by molar-refractivity contribution is 5.78. The molecule has 1 unspecified atom stereocenters. The number of aryl methyl sites for hydroxylation is 1. The van der Waals surface area contributed by atoms with Gasteiger partial charge in [-0.05, 0) is 36.6 Å². The van der Waals surface area contributed by atoms with Gasteiger partial charge in [0.05, 0.1) is 7.11 Å². The first-order valence-electron chi connectivity index (χ1n) is 6.13. The second-order valence-electron chi connectivity index (χ2n) is 4.31. The molecule has 0 radical (unpaired) electrons. The number of hydrogen-bond donors (Lipinski definition) is 1. The fourth-order valence-electron chi connectivity index (χ4n) is 2.05. The maximum absolute atomic E-state index is 11.4. The molecule has 1 amide bonds. The number of carboxylic acid groups (broad SMARTS) is 1. The summed E-state index contributed by atoms with van der Waals surface area (Å²) in [6.45, 7) is 4.15. The fourth-order valence-corrected chi connectivity index (χ4v) is 2.05. The van der Waals surface area contributed by atoms with Gasteiger partial charge in [0, 0.05) is 6.54 Å². The zero-order chi connectivity index (χ0) is 14.4. The standard InChI is InChI=1S/C14H19NO4/c1-4-7-15(9-16)13(14(17)18)11-5-6-12(19-3)10(2)8-11/h5-6,8-9,13H,4,7H2,1-3H3,(H,17,18). The van der Waals surface area contributed by atoms with E-state index in [0.717, 1.165) is 5.56 Å². The summed E-state index contributed by atoms with van der Waals surface area (Å²) < 4.78 is 5.14. The minimum atomic E-state index is -1.04. The molecular formula is C14H19NO4. The molecule has 1 atom stereocenters. The third-order valence-corrected chi connectivity index (χ3v) is 2.92. The molecule has 0 fully saturated rings. The highest BCUT2D eigenvalue weighted by Gasteiger charge is 2.26. The van der Waals surface area contributed by atoms with Crippen molar-refractivity contribution in [1.82, 2.24) is 4.90 Å². The number of benzene rings is 1. The average molecular weight is 265 g/mol. The van der Waals surface area contributed by atoms with Gasteiger partial charge in [-0.1, -0.05) is 13.0 Å². The number of carbonyl (C=O) groups excluding carboxylic acids is 1. The van der Waals surface area contributed by atoms with E-state index in [1.807, 2.05) is 13.8 Å². The minimum Gasteiger partial charge on any atom is -0.496 e. The van der Waals surface area contributed by atoms with E-state index in [1.165, 1.54) is 4.90 Å². The van der Waals surface area contributed by atoms with Crippen LogP contribution in [0.2, 0.25) is 0 Å². The molecule has 0 saturated heterocycles. The van der Waals surface area contributed by atoms with Gasteiger partial charge in [-0.2, -0.15) is 0 Å². The number of amides is 1. The number of nitrogens with zero attached hydrogens (tertiary/aromatic N) is 1. The molecule has 1 aromatic carbocycles. The zero-order valence-corrected chi connectivity index (χ0v) is 11.4. The Labute approximate surface area is 112 Å². The molecule has 5 heteroatoms. The summed E-state index contributed by atoms with van der Waals surface area (Å²) in [5.41, 5.74) is 1.42. The van der Waals surface area contributed by atoms with Crippen LogP contribution in [0.3, 0.4) is 0 Å². The van der Waals surface area contributed by atoms with E-state index in [-0.39, 0.29) is 0 Å². The van der Waals surface area contributed by atoms with Crippen LogP contribution in [0.4, 0.5) is 0 Å². The molecule has 0 aromatic heterocycles. The number of hydrogen-bond acceptors (Lipinski definition) is 3. The number of ether oxygens (including phenoxy) is 1. The Hall–Kier alpha value is -2.04. The van der Waals surface area contributed by atoms with E-state index in [0.29, 0.717) is 30.7 Å². The molecule has 0 aliphatic heterocycles. The van der Waals surface area contributed by atoms with Crippen LogP contribution in [0.25, 0.3) is 0 Å². The predicted octanol–water partition coefficient (Wildman–Crippen LogP) is 2.00. The Bertz CT molecular complexity index is 459. The number of methoxy groups -OCH3 is 1. The Kier molecular flexibility index (Phi) is 5.36. The summed E-state index contributed by atoms with van der Waals surface area (Å²) in [4.78, 5) is 23.8. The highest BCUT2D eigenvalue weighted by Crippen LogP contribution is 2.26. The van der Waals surface area contributed by atoms with E-state index in [4.69, 9.17) is 4.74 Å². The molecule has 0 spiro atoms. The van der Waals surface area contributed by atoms with Crippen LogP contribution in [-0.2, 0) is 9.59 Å². The number of carboxylic acids is 1. The molecule has 0 bridgehead atoms. The van der Waals surface area contributed by atoms with Crippen LogP contribution < -0.4 is 4.74 Å². The van der Waals surface area contributed by atoms with Crippen LogP contribution in [0.1, 0.15) is 30.5 Å². The van der Waals surface area contributed by atoms with Gasteiger partial charge in [0.2, 0.25) is 6.41 Å². The highest BCUT2D eigenvalue weighted by atomic mass is 16.5. The predicted molar refractivity (Wildman–Crippen MR) is 71.2 cm³/mol. The molecule has 5 nitrogen and oxygen atoms in total. The van der Waals surface area contributed by atoms with Gasteiger partial charge in [-0.15, -0.1) is 0 Å². The average Bonchev–Trinajstić information content (AvgIpc) is 2.38. The smallest absolute Gasteiger partial charge is 0.331 e. The van der Waals surface area contributed by atoms with Crippen molar-refractivity contribution in [3.05, 3.63) is 29.3 Å². The van der Waals surface area contributed by atoms with Crippen LogP contribution >= 0.6 is 0 Å². The second kappa shape index (κ2) is 6.78. The summed E-state index contributed by atoms with van der Waals surface area (Å²) in [6.07, 6.45) is 1.29. The normalized spacial score (nSPS) is 11.7. The van der Waals surface area contributed by atoms with Crippen molar-refractivity contribution < 1.29 is 19.4 Å². The van der Waals surface area contributed by atoms with Gasteiger partial charge in [0.15, 0.2) is 6.04 Å². The number of carbonyl (C=O) groups is 2. The van der Waals surface area contributed by atoms with E-state index in [9.17, 15) is 14.7 Å². The lowest BCUT2D eigenvalue weighted by molar-refractivity contribution is -0.146. The van der Waals surface area contributed by atoms with Gasteiger partial charge in [0.1, 0.15) is 5.75 Å². The van der Waals surface area contributed by atoms with E-state index in [2.05, 4.69) is 0 Å². The van der Waals surface area contributed by atoms with Gasteiger partial charge in [-0.25, -0.2) is 4.79 Å². The van der Waals surface area contributed by atoms with Crippen molar-refractivity contribution in [2.24, 2.45) is 0 Å². The Morgan fingerprint density at radius 2 is 2.21 bits per heavy atom. The molecule has 1 rings (SSSR count). The largest absolute Gasteiger partial charge is 0.496 e. The second-order valence-corrected chi connectivity index (χ2v) is 4.31.